The molecule has 0 aliphatic heterocycles. The van der Waals surface area contributed by atoms with Crippen LogP contribution < -0.4 is 4.74 Å². The van der Waals surface area contributed by atoms with Crippen molar-refractivity contribution in [3.05, 3.63) is 46.8 Å². The Hall–Kier alpha value is -2.76. The fraction of sp³-hybridized carbons (Fsp3) is 0.368. The number of Topliss-reactive ketones (excluding diaryl/α,β-unsaturated/α-hetero) is 1. The van der Waals surface area contributed by atoms with Gasteiger partial charge in [-0.3, -0.25) is 9.59 Å². The van der Waals surface area contributed by atoms with Crippen LogP contribution in [-0.4, -0.2) is 46.9 Å². The molecular weight excluding hydrogens is 320 g/mol. The van der Waals surface area contributed by atoms with E-state index in [0.717, 1.165) is 24.1 Å². The smallest absolute Gasteiger partial charge is 0.270 e. The second kappa shape index (κ2) is 7.01. The number of aromatic hydroxyl groups is 1. The Morgan fingerprint density at radius 2 is 2.00 bits per heavy atom. The number of aromatic nitrogens is 1. The average Bonchev–Trinajstić information content (AvgIpc) is 2.94. The van der Waals surface area contributed by atoms with Crippen LogP contribution in [0.2, 0.25) is 0 Å². The maximum Gasteiger partial charge on any atom is 0.270 e. The number of ketones is 1. The summed E-state index contributed by atoms with van der Waals surface area (Å²) in [4.78, 5) is 29.5. The second-order valence-electron chi connectivity index (χ2n) is 6.32. The number of aromatic amines is 1. The number of carbonyl (C=O) groups excluding carboxylic acids is 2. The number of H-pyrrole nitrogens is 1. The van der Waals surface area contributed by atoms with E-state index in [2.05, 4.69) is 4.98 Å². The minimum Gasteiger partial charge on any atom is -0.508 e. The van der Waals surface area contributed by atoms with Crippen LogP contribution in [0.15, 0.2) is 24.3 Å². The van der Waals surface area contributed by atoms with Crippen molar-refractivity contribution in [2.75, 3.05) is 20.2 Å². The van der Waals surface area contributed by atoms with Crippen molar-refractivity contribution in [3.63, 3.8) is 0 Å². The number of carbonyl (C=O) groups is 2. The normalized spacial score (nSPS) is 13.4. The van der Waals surface area contributed by atoms with Gasteiger partial charge in [0, 0.05) is 24.7 Å². The number of fused-ring (bicyclic) bond motifs is 1. The average molecular weight is 342 g/mol. The summed E-state index contributed by atoms with van der Waals surface area (Å²) >= 11 is 0. The van der Waals surface area contributed by atoms with Crippen molar-refractivity contribution in [1.82, 2.24) is 9.88 Å². The summed E-state index contributed by atoms with van der Waals surface area (Å²) in [7, 11) is 1.71. The zero-order chi connectivity index (χ0) is 18.0. The van der Waals surface area contributed by atoms with Gasteiger partial charge in [-0.2, -0.15) is 0 Å². The number of benzene rings is 1. The molecule has 2 aromatic rings. The molecule has 1 heterocycles. The van der Waals surface area contributed by atoms with Crippen molar-refractivity contribution in [2.24, 2.45) is 0 Å². The first-order valence-corrected chi connectivity index (χ1v) is 8.39. The third-order valence-electron chi connectivity index (χ3n) is 4.53. The summed E-state index contributed by atoms with van der Waals surface area (Å²) in [5.74, 6) is 0.789. The molecule has 1 amide bonds. The monoisotopic (exact) mass is 342 g/mol. The molecule has 0 atom stereocenters. The molecule has 1 aromatic carbocycles. The molecule has 0 saturated heterocycles. The third-order valence-corrected chi connectivity index (χ3v) is 4.53. The van der Waals surface area contributed by atoms with Gasteiger partial charge in [-0.1, -0.05) is 0 Å². The first-order valence-electron chi connectivity index (χ1n) is 8.39. The Morgan fingerprint density at radius 1 is 1.28 bits per heavy atom. The number of phenolic OH excluding ortho intramolecular Hbond substituents is 1. The Bertz CT molecular complexity index is 793. The molecule has 0 unspecified atom stereocenters. The van der Waals surface area contributed by atoms with E-state index in [1.165, 1.54) is 0 Å². The zero-order valence-electron chi connectivity index (χ0n) is 14.5. The van der Waals surface area contributed by atoms with Crippen LogP contribution in [0.1, 0.15) is 44.9 Å². The molecule has 6 heteroatoms. The lowest BCUT2D eigenvalue weighted by molar-refractivity contribution is 0.0767. The van der Waals surface area contributed by atoms with Crippen molar-refractivity contribution in [1.29, 1.82) is 0 Å². The predicted octanol–water partition coefficient (Wildman–Crippen LogP) is 2.70. The summed E-state index contributed by atoms with van der Waals surface area (Å²) in [5.41, 5.74) is 2.82. The molecule has 1 aliphatic rings. The lowest BCUT2D eigenvalue weighted by Gasteiger charge is -2.17. The summed E-state index contributed by atoms with van der Waals surface area (Å²) < 4.78 is 5.58. The molecule has 1 aliphatic carbocycles. The molecule has 0 bridgehead atoms. The number of rotatable bonds is 5. The molecule has 6 nitrogen and oxygen atoms in total. The Balaban J connectivity index is 1.63. The third kappa shape index (κ3) is 3.52. The lowest BCUT2D eigenvalue weighted by Crippen LogP contribution is -2.31. The standard InChI is InChI=1S/C19H22N2O4/c1-12-17-15(4-3-5-16(17)23)20-18(12)19(24)21(2)10-11-25-14-8-6-13(22)7-9-14/h6-9,20,22H,3-5,10-11H2,1-2H3. The van der Waals surface area contributed by atoms with E-state index in [-0.39, 0.29) is 17.4 Å². The summed E-state index contributed by atoms with van der Waals surface area (Å²) in [6, 6.07) is 6.44. The number of likely N-dealkylation sites (N-methyl/N-ethyl adjacent to an activating group) is 1. The maximum absolute atomic E-state index is 12.7. The van der Waals surface area contributed by atoms with Crippen LogP contribution in [-0.2, 0) is 6.42 Å². The summed E-state index contributed by atoms with van der Waals surface area (Å²) in [5, 5.41) is 9.25. The Kier molecular flexibility index (Phi) is 4.79. The molecule has 0 radical (unpaired) electrons. The maximum atomic E-state index is 12.7. The number of ether oxygens (including phenoxy) is 1. The quantitative estimate of drug-likeness (QED) is 0.875. The number of amides is 1. The molecule has 0 saturated carbocycles. The van der Waals surface area contributed by atoms with Gasteiger partial charge in [0.15, 0.2) is 5.78 Å². The number of hydrogen-bond acceptors (Lipinski definition) is 4. The van der Waals surface area contributed by atoms with Crippen LogP contribution in [0.5, 0.6) is 11.5 Å². The van der Waals surface area contributed by atoms with E-state index in [4.69, 9.17) is 4.74 Å². The highest BCUT2D eigenvalue weighted by Crippen LogP contribution is 2.27. The summed E-state index contributed by atoms with van der Waals surface area (Å²) in [6.45, 7) is 2.58. The molecule has 25 heavy (non-hydrogen) atoms. The van der Waals surface area contributed by atoms with Crippen LogP contribution in [0.3, 0.4) is 0 Å². The van der Waals surface area contributed by atoms with Crippen molar-refractivity contribution in [3.8, 4) is 11.5 Å². The van der Waals surface area contributed by atoms with Gasteiger partial charge >= 0.3 is 0 Å². The molecule has 0 spiro atoms. The van der Waals surface area contributed by atoms with E-state index < -0.39 is 0 Å². The van der Waals surface area contributed by atoms with Gasteiger partial charge in [0.05, 0.1) is 6.54 Å². The first-order chi connectivity index (χ1) is 12.0. The topological polar surface area (TPSA) is 82.6 Å². The van der Waals surface area contributed by atoms with E-state index in [9.17, 15) is 14.7 Å². The highest BCUT2D eigenvalue weighted by molar-refractivity contribution is 6.04. The van der Waals surface area contributed by atoms with E-state index >= 15 is 0 Å². The fourth-order valence-electron chi connectivity index (χ4n) is 3.12. The van der Waals surface area contributed by atoms with Crippen LogP contribution >= 0.6 is 0 Å². The number of nitrogens with one attached hydrogen (secondary N) is 1. The highest BCUT2D eigenvalue weighted by Gasteiger charge is 2.27. The first kappa shape index (κ1) is 17.1. The fourth-order valence-corrected chi connectivity index (χ4v) is 3.12. The van der Waals surface area contributed by atoms with Crippen molar-refractivity contribution >= 4 is 11.7 Å². The molecule has 132 valence electrons. The van der Waals surface area contributed by atoms with E-state index in [0.29, 0.717) is 36.6 Å². The van der Waals surface area contributed by atoms with Gasteiger partial charge in [-0.25, -0.2) is 0 Å². The van der Waals surface area contributed by atoms with Gasteiger partial charge in [-0.15, -0.1) is 0 Å². The minimum atomic E-state index is -0.144. The van der Waals surface area contributed by atoms with Crippen molar-refractivity contribution in [2.45, 2.75) is 26.2 Å². The van der Waals surface area contributed by atoms with Gasteiger partial charge in [0.1, 0.15) is 23.8 Å². The highest BCUT2D eigenvalue weighted by atomic mass is 16.5. The van der Waals surface area contributed by atoms with Gasteiger partial charge in [0.25, 0.3) is 5.91 Å². The number of aryl methyl sites for hydroxylation is 1. The molecule has 0 fully saturated rings. The van der Waals surface area contributed by atoms with Crippen LogP contribution in [0.4, 0.5) is 0 Å². The zero-order valence-corrected chi connectivity index (χ0v) is 14.5. The van der Waals surface area contributed by atoms with E-state index in [1.807, 2.05) is 6.92 Å². The minimum absolute atomic E-state index is 0.118. The number of hydrogen-bond donors (Lipinski definition) is 2. The largest absolute Gasteiger partial charge is 0.508 e. The number of nitrogens with zero attached hydrogens (tertiary/aromatic N) is 1. The summed E-state index contributed by atoms with van der Waals surface area (Å²) in [6.07, 6.45) is 2.19. The van der Waals surface area contributed by atoms with Gasteiger partial charge < -0.3 is 19.7 Å². The molecule has 2 N–H and O–H groups in total. The molecule has 1 aromatic heterocycles. The molecule has 3 rings (SSSR count). The lowest BCUT2D eigenvalue weighted by atomic mass is 9.94. The van der Waals surface area contributed by atoms with Crippen molar-refractivity contribution < 1.29 is 19.4 Å². The second-order valence-corrected chi connectivity index (χ2v) is 6.32. The van der Waals surface area contributed by atoms with Crippen LogP contribution in [0, 0.1) is 6.92 Å². The SMILES string of the molecule is Cc1c(C(=O)N(C)CCOc2ccc(O)cc2)[nH]c2c1C(=O)CCC2. The van der Waals surface area contributed by atoms with E-state index in [1.54, 1.807) is 36.2 Å². The predicted molar refractivity (Wildman–Crippen MR) is 93.4 cm³/mol. The Labute approximate surface area is 146 Å². The van der Waals surface area contributed by atoms with Crippen LogP contribution in [0.25, 0.3) is 0 Å². The van der Waals surface area contributed by atoms with Gasteiger partial charge in [0.2, 0.25) is 0 Å². The van der Waals surface area contributed by atoms with Gasteiger partial charge in [-0.05, 0) is 49.6 Å². The molecular formula is C19H22N2O4. The Morgan fingerprint density at radius 3 is 2.68 bits per heavy atom. The number of phenols is 1.